The molecule has 0 aromatic heterocycles. The first kappa shape index (κ1) is 64.2. The summed E-state index contributed by atoms with van der Waals surface area (Å²) in [5.74, 6) is -1.79. The standard InChI is InChI=1S/C57H85BrN6O13/c1-35(2)16-25-51(69)63-46-27-38(6)48(76-39(46)7)23-17-37(5)18-24-49-53(70)57(34-75-57)30-45(77-49)29-44(66)32-61-56(73)74-33-40-19-21-42(22-20-40)62-54(71)41(13-12-26-60-55(59)72)28-47(67)52(36(3)4)64-50(68)15-11-9-8-10-14-43(65)31-58/h16-22,24-25,35-36,38-39,41,45-46,48-49,52-53,70H,8-15,23,26-34H2,1-7H3,(H,61,73)(H,62,71)(H,63,69)(H,64,68)(H3,59,60,72)/b24-18+,25-16-,37-17+/t38-,39+,41+,45+,46+,48-,49+,52-,53+,57+/m0/s1. The molecule has 0 bridgehead atoms. The van der Waals surface area contributed by atoms with Gasteiger partial charge in [0.05, 0.1) is 48.9 Å². The van der Waals surface area contributed by atoms with E-state index in [1.54, 1.807) is 36.4 Å². The highest BCUT2D eigenvalue weighted by Gasteiger charge is 2.58. The fourth-order valence-electron chi connectivity index (χ4n) is 9.42. The summed E-state index contributed by atoms with van der Waals surface area (Å²) in [7, 11) is 0. The fraction of sp³-hybridized carbons (Fsp3) is 0.649. The summed E-state index contributed by atoms with van der Waals surface area (Å²) in [6.45, 7) is 13.8. The summed E-state index contributed by atoms with van der Waals surface area (Å²) in [6, 6.07) is 4.97. The van der Waals surface area contributed by atoms with E-state index in [4.69, 9.17) is 24.7 Å². The van der Waals surface area contributed by atoms with Gasteiger partial charge in [0.2, 0.25) is 17.7 Å². The summed E-state index contributed by atoms with van der Waals surface area (Å²) >= 11 is 3.16. The molecular formula is C57H85BrN6O13. The van der Waals surface area contributed by atoms with Gasteiger partial charge in [-0.3, -0.25) is 28.8 Å². The minimum Gasteiger partial charge on any atom is -0.445 e. The third-order valence-corrected chi connectivity index (χ3v) is 14.7. The second-order valence-corrected chi connectivity index (χ2v) is 22.2. The van der Waals surface area contributed by atoms with E-state index < -0.39 is 53.9 Å². The van der Waals surface area contributed by atoms with E-state index in [1.165, 1.54) is 0 Å². The van der Waals surface area contributed by atoms with Crippen LogP contribution in [0.4, 0.5) is 15.3 Å². The number of allylic oxidation sites excluding steroid dienone is 3. The molecule has 428 valence electrons. The number of Topliss-reactive ketones (excluding diaryl/α,β-unsaturated/α-hetero) is 3. The van der Waals surface area contributed by atoms with Crippen molar-refractivity contribution in [2.24, 2.45) is 29.4 Å². The number of benzene rings is 1. The van der Waals surface area contributed by atoms with Gasteiger partial charge in [-0.2, -0.15) is 0 Å². The Balaban J connectivity index is 1.21. The number of primary amides is 1. The number of urea groups is 1. The highest BCUT2D eigenvalue weighted by Crippen LogP contribution is 2.43. The van der Waals surface area contributed by atoms with Crippen molar-refractivity contribution in [3.05, 3.63) is 65.8 Å². The second-order valence-electron chi connectivity index (χ2n) is 21.6. The number of amides is 6. The first-order chi connectivity index (χ1) is 36.6. The van der Waals surface area contributed by atoms with Crippen LogP contribution in [0.5, 0.6) is 0 Å². The maximum atomic E-state index is 13.7. The summed E-state index contributed by atoms with van der Waals surface area (Å²) < 4.78 is 23.6. The van der Waals surface area contributed by atoms with Gasteiger partial charge in [-0.1, -0.05) is 105 Å². The predicted molar refractivity (Wildman–Crippen MR) is 296 cm³/mol. The number of carbonyl (C=O) groups is 8. The third kappa shape index (κ3) is 23.3. The number of hydrogen-bond donors (Lipinski definition) is 7. The normalized spacial score (nSPS) is 24.1. The van der Waals surface area contributed by atoms with Crippen LogP contribution in [-0.4, -0.2) is 126 Å². The van der Waals surface area contributed by atoms with Crippen molar-refractivity contribution in [3.63, 3.8) is 0 Å². The average Bonchev–Trinajstić information content (AvgIpc) is 4.16. The molecule has 19 nitrogen and oxygen atoms in total. The lowest BCUT2D eigenvalue weighted by atomic mass is 9.87. The lowest BCUT2D eigenvalue weighted by molar-refractivity contribution is -0.143. The van der Waals surface area contributed by atoms with Crippen LogP contribution in [0.2, 0.25) is 0 Å². The van der Waals surface area contributed by atoms with Crippen LogP contribution in [0.3, 0.4) is 0 Å². The van der Waals surface area contributed by atoms with Crippen molar-refractivity contribution in [2.75, 3.05) is 30.3 Å². The number of hydrogen-bond acceptors (Lipinski definition) is 13. The molecule has 0 unspecified atom stereocenters. The highest BCUT2D eigenvalue weighted by atomic mass is 79.9. The van der Waals surface area contributed by atoms with E-state index in [0.29, 0.717) is 55.3 Å². The third-order valence-electron chi connectivity index (χ3n) is 14.1. The van der Waals surface area contributed by atoms with Crippen LogP contribution in [0.1, 0.15) is 138 Å². The van der Waals surface area contributed by atoms with Crippen molar-refractivity contribution in [2.45, 2.75) is 187 Å². The van der Waals surface area contributed by atoms with Gasteiger partial charge in [-0.15, -0.1) is 0 Å². The van der Waals surface area contributed by atoms with E-state index >= 15 is 0 Å². The number of epoxide rings is 1. The Bertz CT molecular complexity index is 2230. The van der Waals surface area contributed by atoms with Crippen LogP contribution >= 0.6 is 15.9 Å². The van der Waals surface area contributed by atoms with Crippen LogP contribution in [0.25, 0.3) is 0 Å². The molecule has 1 aromatic rings. The molecule has 3 fully saturated rings. The van der Waals surface area contributed by atoms with E-state index in [9.17, 15) is 43.5 Å². The second kappa shape index (κ2) is 32.6. The zero-order valence-electron chi connectivity index (χ0n) is 46.1. The maximum absolute atomic E-state index is 13.7. The molecule has 0 radical (unpaired) electrons. The van der Waals surface area contributed by atoms with Gasteiger partial charge in [-0.25, -0.2) is 9.59 Å². The van der Waals surface area contributed by atoms with Gasteiger partial charge in [0.15, 0.2) is 11.6 Å². The Kier molecular flexibility index (Phi) is 27.2. The number of ketones is 3. The molecule has 1 spiro atoms. The number of anilines is 1. The fourth-order valence-corrected chi connectivity index (χ4v) is 9.70. The Hall–Kier alpha value is -5.28. The quantitative estimate of drug-likeness (QED) is 0.0126. The zero-order valence-corrected chi connectivity index (χ0v) is 47.7. The molecule has 10 atom stereocenters. The number of unbranched alkanes of at least 4 members (excludes halogenated alkanes) is 3. The molecule has 4 rings (SSSR count). The number of alkyl carbamates (subject to hydrolysis) is 1. The van der Waals surface area contributed by atoms with Gasteiger partial charge >= 0.3 is 12.1 Å². The molecule has 0 saturated carbocycles. The molecule has 3 saturated heterocycles. The van der Waals surface area contributed by atoms with E-state index in [-0.39, 0.29) is 111 Å². The molecule has 1 aromatic carbocycles. The molecule has 3 heterocycles. The number of nitrogens with one attached hydrogen (secondary N) is 5. The highest BCUT2D eigenvalue weighted by molar-refractivity contribution is 9.09. The largest absolute Gasteiger partial charge is 0.445 e. The van der Waals surface area contributed by atoms with Gasteiger partial charge in [0.25, 0.3) is 0 Å². The molecule has 77 heavy (non-hydrogen) atoms. The van der Waals surface area contributed by atoms with Gasteiger partial charge in [-0.05, 0) is 93.9 Å². The summed E-state index contributed by atoms with van der Waals surface area (Å²) in [6.07, 6.45) is 11.9. The Labute approximate surface area is 462 Å². The number of alkyl halides is 1. The lowest BCUT2D eigenvalue weighted by Crippen LogP contribution is -2.50. The van der Waals surface area contributed by atoms with E-state index in [0.717, 1.165) is 31.3 Å². The van der Waals surface area contributed by atoms with E-state index in [1.807, 2.05) is 53.7 Å². The van der Waals surface area contributed by atoms with Crippen molar-refractivity contribution in [1.82, 2.24) is 21.3 Å². The van der Waals surface area contributed by atoms with Crippen molar-refractivity contribution < 1.29 is 62.4 Å². The lowest BCUT2D eigenvalue weighted by Gasteiger charge is -2.39. The number of aliphatic hydroxyl groups excluding tert-OH is 1. The first-order valence-corrected chi connectivity index (χ1v) is 28.4. The first-order valence-electron chi connectivity index (χ1n) is 27.3. The minimum atomic E-state index is -0.927. The number of ether oxygens (including phenoxy) is 4. The molecule has 20 heteroatoms. The Morgan fingerprint density at radius 1 is 0.922 bits per heavy atom. The average molecular weight is 1140 g/mol. The molecule has 3 aliphatic rings. The van der Waals surface area contributed by atoms with Crippen molar-refractivity contribution >= 4 is 68.8 Å². The number of carbonyl (C=O) groups excluding carboxylic acids is 8. The molecular weight excluding hydrogens is 1060 g/mol. The van der Waals surface area contributed by atoms with Crippen molar-refractivity contribution in [1.29, 1.82) is 0 Å². The molecule has 0 aliphatic carbocycles. The van der Waals surface area contributed by atoms with Crippen LogP contribution in [0.15, 0.2) is 60.2 Å². The number of aliphatic hydroxyl groups is 1. The molecule has 3 aliphatic heterocycles. The summed E-state index contributed by atoms with van der Waals surface area (Å²) in [5, 5.41) is 25.3. The van der Waals surface area contributed by atoms with Crippen LogP contribution in [-0.2, 0) is 54.3 Å². The van der Waals surface area contributed by atoms with E-state index in [2.05, 4.69) is 55.5 Å². The molecule has 8 N–H and O–H groups in total. The predicted octanol–water partition coefficient (Wildman–Crippen LogP) is 6.97. The SMILES string of the molecule is CC(/C=C/[C@H]1O[C@H](CC(=O)CNC(=O)OCc2ccc(NC(=O)[C@H](CCCNC(N)=O)CC(=O)[C@@H](NC(=O)CCCCCCC(=O)CBr)C(C)C)cc2)C[C@@]2(CO2)[C@@H]1O)=C\C[C@@H]1O[C@H](C)[C@H](NC(=O)/C=C\C(C)C)C[C@@H]1C. The Morgan fingerprint density at radius 3 is 2.27 bits per heavy atom. The monoisotopic (exact) mass is 1140 g/mol. The zero-order chi connectivity index (χ0) is 56.7. The van der Waals surface area contributed by atoms with Crippen LogP contribution in [0, 0.1) is 23.7 Å². The summed E-state index contributed by atoms with van der Waals surface area (Å²) in [4.78, 5) is 101. The number of rotatable bonds is 32. The topological polar surface area (TPSA) is 283 Å². The van der Waals surface area contributed by atoms with Gasteiger partial charge in [0, 0.05) is 50.3 Å². The number of halogens is 1. The number of nitrogens with two attached hydrogens (primary N) is 1. The minimum absolute atomic E-state index is 0.0201. The molecule has 6 amide bonds. The maximum Gasteiger partial charge on any atom is 0.407 e. The smallest absolute Gasteiger partial charge is 0.407 e. The van der Waals surface area contributed by atoms with Gasteiger partial charge in [0.1, 0.15) is 30.2 Å². The van der Waals surface area contributed by atoms with Gasteiger partial charge < -0.3 is 56.4 Å². The van der Waals surface area contributed by atoms with Crippen LogP contribution < -0.4 is 32.3 Å². The Morgan fingerprint density at radius 2 is 1.62 bits per heavy atom. The summed E-state index contributed by atoms with van der Waals surface area (Å²) in [5.41, 5.74) is 6.38. The van der Waals surface area contributed by atoms with Crippen molar-refractivity contribution in [3.8, 4) is 0 Å².